The third kappa shape index (κ3) is 6.90. The van der Waals surface area contributed by atoms with Gasteiger partial charge in [0.25, 0.3) is 5.91 Å². The molecule has 0 bridgehead atoms. The first-order valence-electron chi connectivity index (χ1n) is 11.3. The molecule has 1 fully saturated rings. The summed E-state index contributed by atoms with van der Waals surface area (Å²) in [7, 11) is 0. The second-order valence-corrected chi connectivity index (χ2v) is 9.45. The van der Waals surface area contributed by atoms with E-state index in [0.717, 1.165) is 44.0 Å². The third-order valence-electron chi connectivity index (χ3n) is 5.75. The highest BCUT2D eigenvalue weighted by Gasteiger charge is 2.18. The van der Waals surface area contributed by atoms with Crippen LogP contribution in [0.1, 0.15) is 54.7 Å². The van der Waals surface area contributed by atoms with Crippen molar-refractivity contribution in [3.63, 3.8) is 0 Å². The molecule has 0 aromatic heterocycles. The Hall–Kier alpha value is -2.70. The fourth-order valence-electron chi connectivity index (χ4n) is 3.59. The number of nitrogens with zero attached hydrogens (tertiary/aromatic N) is 1. The van der Waals surface area contributed by atoms with Crippen molar-refractivity contribution in [1.82, 2.24) is 15.5 Å². The van der Waals surface area contributed by atoms with Crippen LogP contribution in [0.15, 0.2) is 48.5 Å². The zero-order valence-corrected chi connectivity index (χ0v) is 19.6. The number of carbonyl (C=O) groups excluding carboxylic acids is 2. The topological polar surface area (TPSA) is 70.7 Å². The van der Waals surface area contributed by atoms with Crippen LogP contribution in [-0.4, -0.2) is 49.1 Å². The highest BCUT2D eigenvalue weighted by molar-refractivity contribution is 5.97. The van der Waals surface area contributed by atoms with Crippen molar-refractivity contribution in [1.29, 1.82) is 0 Å². The van der Waals surface area contributed by atoms with E-state index in [2.05, 4.69) is 48.4 Å². The first-order chi connectivity index (χ1) is 15.2. The van der Waals surface area contributed by atoms with Gasteiger partial charge >= 0.3 is 0 Å². The van der Waals surface area contributed by atoms with Gasteiger partial charge in [0.1, 0.15) is 6.04 Å². The van der Waals surface area contributed by atoms with Crippen LogP contribution in [0.4, 0.5) is 0 Å². The van der Waals surface area contributed by atoms with Crippen molar-refractivity contribution >= 4 is 11.8 Å². The first-order valence-corrected chi connectivity index (χ1v) is 11.3. The predicted molar refractivity (Wildman–Crippen MR) is 126 cm³/mol. The van der Waals surface area contributed by atoms with E-state index in [1.807, 2.05) is 24.3 Å². The zero-order chi connectivity index (χ0) is 23.1. The number of benzene rings is 2. The van der Waals surface area contributed by atoms with Crippen molar-refractivity contribution in [2.45, 2.75) is 52.2 Å². The summed E-state index contributed by atoms with van der Waals surface area (Å²) in [6, 6.07) is 15.2. The lowest BCUT2D eigenvalue weighted by Gasteiger charge is -2.26. The molecular weight excluding hydrogens is 402 g/mol. The van der Waals surface area contributed by atoms with E-state index < -0.39 is 6.04 Å². The van der Waals surface area contributed by atoms with Crippen LogP contribution in [0.2, 0.25) is 0 Å². The molecular formula is C26H35N3O3. The molecule has 1 heterocycles. The molecule has 2 aromatic carbocycles. The SMILES string of the molecule is C[C@@H](NC(=O)c1ccc(C(C)(C)C)cc1)C(=O)NCc1ccc(CN2CCOCC2)cc1. The minimum atomic E-state index is -0.620. The van der Waals surface area contributed by atoms with Gasteiger partial charge in [0.15, 0.2) is 0 Å². The van der Waals surface area contributed by atoms with E-state index in [-0.39, 0.29) is 17.2 Å². The summed E-state index contributed by atoms with van der Waals surface area (Å²) in [4.78, 5) is 27.3. The average molecular weight is 438 g/mol. The lowest BCUT2D eigenvalue weighted by Crippen LogP contribution is -2.44. The van der Waals surface area contributed by atoms with Gasteiger partial charge in [-0.3, -0.25) is 14.5 Å². The van der Waals surface area contributed by atoms with Crippen LogP contribution < -0.4 is 10.6 Å². The Kier molecular flexibility index (Phi) is 8.04. The molecule has 1 saturated heterocycles. The van der Waals surface area contributed by atoms with Gasteiger partial charge in [0, 0.05) is 31.7 Å². The molecule has 3 rings (SSSR count). The first kappa shape index (κ1) is 24.0. The molecule has 0 aliphatic carbocycles. The monoisotopic (exact) mass is 437 g/mol. The number of hydrogen-bond acceptors (Lipinski definition) is 4. The summed E-state index contributed by atoms with van der Waals surface area (Å²) in [6.45, 7) is 12.9. The van der Waals surface area contributed by atoms with Crippen LogP contribution >= 0.6 is 0 Å². The Balaban J connectivity index is 1.45. The van der Waals surface area contributed by atoms with E-state index in [1.165, 1.54) is 5.56 Å². The van der Waals surface area contributed by atoms with E-state index in [0.29, 0.717) is 12.1 Å². The van der Waals surface area contributed by atoms with E-state index in [9.17, 15) is 9.59 Å². The molecule has 172 valence electrons. The van der Waals surface area contributed by atoms with Gasteiger partial charge in [-0.05, 0) is 41.2 Å². The van der Waals surface area contributed by atoms with Crippen LogP contribution in [0.3, 0.4) is 0 Å². The van der Waals surface area contributed by atoms with Gasteiger partial charge < -0.3 is 15.4 Å². The standard InChI is InChI=1S/C26H35N3O3/c1-19(28-25(31)22-9-11-23(12-10-22)26(2,3)4)24(30)27-17-20-5-7-21(8-6-20)18-29-13-15-32-16-14-29/h5-12,19H,13-18H2,1-4H3,(H,27,30)(H,28,31)/t19-/m1/s1. The highest BCUT2D eigenvalue weighted by Crippen LogP contribution is 2.22. The van der Waals surface area contributed by atoms with Gasteiger partial charge in [-0.25, -0.2) is 0 Å². The number of rotatable bonds is 7. The molecule has 2 aromatic rings. The number of hydrogen-bond donors (Lipinski definition) is 2. The Bertz CT molecular complexity index is 895. The van der Waals surface area contributed by atoms with E-state index >= 15 is 0 Å². The third-order valence-corrected chi connectivity index (χ3v) is 5.75. The second kappa shape index (κ2) is 10.7. The largest absolute Gasteiger partial charge is 0.379 e. The Labute approximate surface area is 191 Å². The number of amides is 2. The molecule has 0 radical (unpaired) electrons. The van der Waals surface area contributed by atoms with Gasteiger partial charge in [-0.1, -0.05) is 57.2 Å². The van der Waals surface area contributed by atoms with Crippen molar-refractivity contribution in [2.75, 3.05) is 26.3 Å². The van der Waals surface area contributed by atoms with Crippen LogP contribution in [0, 0.1) is 0 Å². The summed E-state index contributed by atoms with van der Waals surface area (Å²) in [5, 5.41) is 5.68. The second-order valence-electron chi connectivity index (χ2n) is 9.45. The van der Waals surface area contributed by atoms with Crippen LogP contribution in [0.5, 0.6) is 0 Å². The summed E-state index contributed by atoms with van der Waals surface area (Å²) < 4.78 is 5.39. The Morgan fingerprint density at radius 2 is 1.56 bits per heavy atom. The summed E-state index contributed by atoms with van der Waals surface area (Å²) >= 11 is 0. The molecule has 32 heavy (non-hydrogen) atoms. The maximum Gasteiger partial charge on any atom is 0.251 e. The van der Waals surface area contributed by atoms with Crippen molar-refractivity contribution in [3.05, 3.63) is 70.8 Å². The molecule has 2 N–H and O–H groups in total. The molecule has 1 aliphatic heterocycles. The lowest BCUT2D eigenvalue weighted by molar-refractivity contribution is -0.122. The van der Waals surface area contributed by atoms with E-state index in [1.54, 1.807) is 19.1 Å². The normalized spacial score (nSPS) is 15.8. The lowest BCUT2D eigenvalue weighted by atomic mass is 9.86. The molecule has 1 aliphatic rings. The Morgan fingerprint density at radius 1 is 0.969 bits per heavy atom. The fraction of sp³-hybridized carbons (Fsp3) is 0.462. The number of carbonyl (C=O) groups is 2. The summed E-state index contributed by atoms with van der Waals surface area (Å²) in [5.41, 5.74) is 4.02. The smallest absolute Gasteiger partial charge is 0.251 e. The predicted octanol–water partition coefficient (Wildman–Crippen LogP) is 3.25. The van der Waals surface area contributed by atoms with Gasteiger partial charge in [-0.15, -0.1) is 0 Å². The maximum atomic E-state index is 12.5. The fourth-order valence-corrected chi connectivity index (χ4v) is 3.59. The molecule has 2 amide bonds. The summed E-state index contributed by atoms with van der Waals surface area (Å²) in [6.07, 6.45) is 0. The molecule has 0 unspecified atom stereocenters. The molecule has 1 atom stereocenters. The zero-order valence-electron chi connectivity index (χ0n) is 19.6. The molecule has 6 heteroatoms. The quantitative estimate of drug-likeness (QED) is 0.698. The van der Waals surface area contributed by atoms with Gasteiger partial charge in [0.2, 0.25) is 5.91 Å². The van der Waals surface area contributed by atoms with Crippen molar-refractivity contribution in [3.8, 4) is 0 Å². The number of morpholine rings is 1. The summed E-state index contributed by atoms with van der Waals surface area (Å²) in [5.74, 6) is -0.456. The van der Waals surface area contributed by atoms with E-state index in [4.69, 9.17) is 4.74 Å². The molecule has 0 spiro atoms. The average Bonchev–Trinajstić information content (AvgIpc) is 2.78. The highest BCUT2D eigenvalue weighted by atomic mass is 16.5. The van der Waals surface area contributed by atoms with Crippen molar-refractivity contribution in [2.24, 2.45) is 0 Å². The van der Waals surface area contributed by atoms with Crippen LogP contribution in [0.25, 0.3) is 0 Å². The van der Waals surface area contributed by atoms with Gasteiger partial charge in [0.05, 0.1) is 13.2 Å². The van der Waals surface area contributed by atoms with Crippen LogP contribution in [-0.2, 0) is 28.0 Å². The minimum Gasteiger partial charge on any atom is -0.379 e. The minimum absolute atomic E-state index is 0.0306. The molecule has 6 nitrogen and oxygen atoms in total. The maximum absolute atomic E-state index is 12.5. The molecule has 0 saturated carbocycles. The number of ether oxygens (including phenoxy) is 1. The van der Waals surface area contributed by atoms with Crippen molar-refractivity contribution < 1.29 is 14.3 Å². The van der Waals surface area contributed by atoms with Gasteiger partial charge in [-0.2, -0.15) is 0 Å². The Morgan fingerprint density at radius 3 is 2.16 bits per heavy atom. The number of nitrogens with one attached hydrogen (secondary N) is 2.